The summed E-state index contributed by atoms with van der Waals surface area (Å²) in [5.74, 6) is 0.410. The third-order valence-corrected chi connectivity index (χ3v) is 6.93. The van der Waals surface area contributed by atoms with E-state index < -0.39 is 10.2 Å². The standard InChI is InChI=1S/C17H27N5O3S/c1-14-13-16(19-15(2)18-14)17(23)20-7-6-10-22(12-11-20)26(24,25)21-8-4-3-5-9-21/h13H,3-12H2,1-2H3. The van der Waals surface area contributed by atoms with Gasteiger partial charge in [-0.25, -0.2) is 9.97 Å². The van der Waals surface area contributed by atoms with E-state index in [0.29, 0.717) is 57.2 Å². The highest BCUT2D eigenvalue weighted by Gasteiger charge is 2.32. The van der Waals surface area contributed by atoms with E-state index in [-0.39, 0.29) is 5.91 Å². The highest BCUT2D eigenvalue weighted by atomic mass is 32.2. The van der Waals surface area contributed by atoms with Crippen LogP contribution >= 0.6 is 0 Å². The molecule has 0 saturated carbocycles. The zero-order valence-corrected chi connectivity index (χ0v) is 16.3. The van der Waals surface area contributed by atoms with Crippen molar-refractivity contribution in [2.24, 2.45) is 0 Å². The zero-order valence-electron chi connectivity index (χ0n) is 15.5. The van der Waals surface area contributed by atoms with E-state index >= 15 is 0 Å². The molecule has 0 radical (unpaired) electrons. The molecule has 0 atom stereocenters. The van der Waals surface area contributed by atoms with Gasteiger partial charge >= 0.3 is 0 Å². The van der Waals surface area contributed by atoms with E-state index in [1.54, 1.807) is 22.2 Å². The van der Waals surface area contributed by atoms with E-state index in [4.69, 9.17) is 0 Å². The largest absolute Gasteiger partial charge is 0.336 e. The third kappa shape index (κ3) is 4.21. The summed E-state index contributed by atoms with van der Waals surface area (Å²) < 4.78 is 28.8. The molecule has 0 bridgehead atoms. The Balaban J connectivity index is 1.68. The Bertz CT molecular complexity index is 741. The molecule has 3 rings (SSSR count). The fourth-order valence-electron chi connectivity index (χ4n) is 3.58. The van der Waals surface area contributed by atoms with Crippen LogP contribution in [0.5, 0.6) is 0 Å². The van der Waals surface area contributed by atoms with Crippen molar-refractivity contribution in [3.05, 3.63) is 23.3 Å². The molecule has 9 heteroatoms. The second-order valence-corrected chi connectivity index (χ2v) is 8.88. The summed E-state index contributed by atoms with van der Waals surface area (Å²) in [6.45, 7) is 6.49. The maximum absolute atomic E-state index is 12.9. The lowest BCUT2D eigenvalue weighted by Crippen LogP contribution is -2.47. The maximum atomic E-state index is 12.9. The number of aryl methyl sites for hydroxylation is 2. The van der Waals surface area contributed by atoms with Crippen LogP contribution in [-0.4, -0.2) is 77.1 Å². The van der Waals surface area contributed by atoms with Gasteiger partial charge in [0.2, 0.25) is 0 Å². The number of carbonyl (C=O) groups excluding carboxylic acids is 1. The first-order valence-corrected chi connectivity index (χ1v) is 10.6. The van der Waals surface area contributed by atoms with E-state index in [1.807, 2.05) is 6.92 Å². The van der Waals surface area contributed by atoms with Gasteiger partial charge in [-0.3, -0.25) is 4.79 Å². The SMILES string of the molecule is Cc1cc(C(=O)N2CCCN(S(=O)(=O)N3CCCCC3)CC2)nc(C)n1. The number of nitrogens with zero attached hydrogens (tertiary/aromatic N) is 5. The van der Waals surface area contributed by atoms with Crippen LogP contribution in [0.1, 0.15) is 47.7 Å². The first kappa shape index (κ1) is 19.2. The predicted molar refractivity (Wildman–Crippen MR) is 97.9 cm³/mol. The number of piperidine rings is 1. The van der Waals surface area contributed by atoms with Crippen LogP contribution in [0.2, 0.25) is 0 Å². The van der Waals surface area contributed by atoms with Gasteiger partial charge in [0, 0.05) is 45.0 Å². The Morgan fingerprint density at radius 3 is 2.23 bits per heavy atom. The molecular formula is C17H27N5O3S. The van der Waals surface area contributed by atoms with Gasteiger partial charge in [-0.2, -0.15) is 17.0 Å². The molecule has 26 heavy (non-hydrogen) atoms. The second kappa shape index (κ2) is 7.98. The summed E-state index contributed by atoms with van der Waals surface area (Å²) >= 11 is 0. The zero-order chi connectivity index (χ0) is 18.7. The molecule has 2 saturated heterocycles. The molecule has 0 aliphatic carbocycles. The maximum Gasteiger partial charge on any atom is 0.282 e. The van der Waals surface area contributed by atoms with E-state index in [0.717, 1.165) is 25.0 Å². The van der Waals surface area contributed by atoms with Crippen molar-refractivity contribution in [2.75, 3.05) is 39.3 Å². The molecule has 0 N–H and O–H groups in total. The molecule has 2 aliphatic rings. The minimum atomic E-state index is -3.43. The average molecular weight is 382 g/mol. The smallest absolute Gasteiger partial charge is 0.282 e. The molecule has 144 valence electrons. The molecule has 0 unspecified atom stereocenters. The third-order valence-electron chi connectivity index (χ3n) is 4.89. The van der Waals surface area contributed by atoms with Crippen LogP contribution in [0.4, 0.5) is 0 Å². The normalized spacial score (nSPS) is 20.8. The molecule has 2 aliphatic heterocycles. The molecule has 0 spiro atoms. The van der Waals surface area contributed by atoms with Crippen LogP contribution in [0.15, 0.2) is 6.07 Å². The lowest BCUT2D eigenvalue weighted by atomic mass is 10.2. The number of hydrogen-bond acceptors (Lipinski definition) is 5. The summed E-state index contributed by atoms with van der Waals surface area (Å²) in [5, 5.41) is 0. The number of aromatic nitrogens is 2. The predicted octanol–water partition coefficient (Wildman–Crippen LogP) is 0.972. The summed E-state index contributed by atoms with van der Waals surface area (Å²) in [6, 6.07) is 1.68. The van der Waals surface area contributed by atoms with Crippen LogP contribution in [0, 0.1) is 13.8 Å². The van der Waals surface area contributed by atoms with Gasteiger partial charge in [-0.15, -0.1) is 0 Å². The Labute approximate surface area is 155 Å². The van der Waals surface area contributed by atoms with Gasteiger partial charge in [-0.1, -0.05) is 6.42 Å². The molecule has 3 heterocycles. The molecule has 8 nitrogen and oxygen atoms in total. The summed E-state index contributed by atoms with van der Waals surface area (Å²) in [7, 11) is -3.43. The van der Waals surface area contributed by atoms with E-state index in [2.05, 4.69) is 9.97 Å². The fourth-order valence-corrected chi connectivity index (χ4v) is 5.29. The number of rotatable bonds is 3. The van der Waals surface area contributed by atoms with Crippen LogP contribution < -0.4 is 0 Å². The van der Waals surface area contributed by atoms with E-state index in [9.17, 15) is 13.2 Å². The first-order chi connectivity index (χ1) is 12.4. The van der Waals surface area contributed by atoms with Crippen molar-refractivity contribution in [2.45, 2.75) is 39.5 Å². The molecule has 0 aromatic carbocycles. The van der Waals surface area contributed by atoms with Gasteiger partial charge in [0.15, 0.2) is 0 Å². The molecule has 1 aromatic rings. The number of carbonyl (C=O) groups is 1. The Kier molecular flexibility index (Phi) is 5.89. The first-order valence-electron chi connectivity index (χ1n) is 9.25. The highest BCUT2D eigenvalue weighted by molar-refractivity contribution is 7.86. The van der Waals surface area contributed by atoms with Crippen molar-refractivity contribution in [3.63, 3.8) is 0 Å². The molecule has 1 amide bonds. The van der Waals surface area contributed by atoms with Crippen molar-refractivity contribution in [1.29, 1.82) is 0 Å². The van der Waals surface area contributed by atoms with Crippen LogP contribution in [0.3, 0.4) is 0 Å². The van der Waals surface area contributed by atoms with Crippen molar-refractivity contribution in [3.8, 4) is 0 Å². The number of amides is 1. The number of hydrogen-bond donors (Lipinski definition) is 0. The molecular weight excluding hydrogens is 354 g/mol. The van der Waals surface area contributed by atoms with Gasteiger partial charge < -0.3 is 4.90 Å². The Morgan fingerprint density at radius 1 is 0.885 bits per heavy atom. The van der Waals surface area contributed by atoms with Crippen molar-refractivity contribution < 1.29 is 13.2 Å². The van der Waals surface area contributed by atoms with Crippen LogP contribution in [0.25, 0.3) is 0 Å². The Hall–Kier alpha value is -1.58. The summed E-state index contributed by atoms with van der Waals surface area (Å²) in [5.41, 5.74) is 1.13. The van der Waals surface area contributed by atoms with Gasteiger partial charge in [-0.05, 0) is 39.2 Å². The highest BCUT2D eigenvalue weighted by Crippen LogP contribution is 2.18. The monoisotopic (exact) mass is 381 g/mol. The minimum absolute atomic E-state index is 0.157. The van der Waals surface area contributed by atoms with Gasteiger partial charge in [0.25, 0.3) is 16.1 Å². The summed E-state index contributed by atoms with van der Waals surface area (Å²) in [4.78, 5) is 22.9. The average Bonchev–Trinajstić information content (AvgIpc) is 2.87. The summed E-state index contributed by atoms with van der Waals surface area (Å²) in [6.07, 6.45) is 3.56. The minimum Gasteiger partial charge on any atom is -0.336 e. The second-order valence-electron chi connectivity index (χ2n) is 6.95. The Morgan fingerprint density at radius 2 is 1.54 bits per heavy atom. The van der Waals surface area contributed by atoms with Gasteiger partial charge in [0.1, 0.15) is 11.5 Å². The lowest BCUT2D eigenvalue weighted by molar-refractivity contribution is 0.0757. The topological polar surface area (TPSA) is 86.7 Å². The van der Waals surface area contributed by atoms with Crippen molar-refractivity contribution in [1.82, 2.24) is 23.5 Å². The quantitative estimate of drug-likeness (QED) is 0.779. The molecule has 2 fully saturated rings. The van der Waals surface area contributed by atoms with Crippen molar-refractivity contribution >= 4 is 16.1 Å². The lowest BCUT2D eigenvalue weighted by Gasteiger charge is -2.31. The fraction of sp³-hybridized carbons (Fsp3) is 0.706. The molecule has 1 aromatic heterocycles. The van der Waals surface area contributed by atoms with E-state index in [1.165, 1.54) is 4.31 Å². The van der Waals surface area contributed by atoms with Crippen LogP contribution in [-0.2, 0) is 10.2 Å². The van der Waals surface area contributed by atoms with Gasteiger partial charge in [0.05, 0.1) is 0 Å².